The van der Waals surface area contributed by atoms with Crippen molar-refractivity contribution in [2.45, 2.75) is 51.7 Å². The van der Waals surface area contributed by atoms with Crippen molar-refractivity contribution in [3.63, 3.8) is 0 Å². The number of nitrogens with one attached hydrogen (secondary N) is 1. The molecule has 1 N–H and O–H groups in total. The van der Waals surface area contributed by atoms with E-state index < -0.39 is 0 Å². The van der Waals surface area contributed by atoms with Gasteiger partial charge in [-0.15, -0.1) is 11.3 Å². The summed E-state index contributed by atoms with van der Waals surface area (Å²) < 4.78 is 5.74. The van der Waals surface area contributed by atoms with Crippen LogP contribution in [0.5, 0.6) is 0 Å². The molecule has 1 aliphatic heterocycles. The van der Waals surface area contributed by atoms with Crippen molar-refractivity contribution in [3.05, 3.63) is 10.6 Å². The first-order valence-electron chi connectivity index (χ1n) is 7.84. The van der Waals surface area contributed by atoms with E-state index in [9.17, 15) is 0 Å². The minimum atomic E-state index is 0.308. The van der Waals surface area contributed by atoms with Crippen molar-refractivity contribution >= 4 is 16.5 Å². The van der Waals surface area contributed by atoms with E-state index in [0.29, 0.717) is 6.10 Å². The Labute approximate surface area is 125 Å². The van der Waals surface area contributed by atoms with Crippen molar-refractivity contribution in [2.75, 3.05) is 31.1 Å². The Kier molecular flexibility index (Phi) is 4.58. The highest BCUT2D eigenvalue weighted by molar-refractivity contribution is 7.15. The fraction of sp³-hybridized carbons (Fsp3) is 0.800. The average Bonchev–Trinajstić information content (AvgIpc) is 3.23. The van der Waals surface area contributed by atoms with E-state index in [0.717, 1.165) is 45.1 Å². The smallest absolute Gasteiger partial charge is 0.185 e. The molecule has 1 saturated carbocycles. The largest absolute Gasteiger partial charge is 0.377 e. The first-order valence-corrected chi connectivity index (χ1v) is 8.66. The third-order valence-electron chi connectivity index (χ3n) is 3.94. The number of rotatable bonds is 5. The standard InChI is InChI=1S/C15H25N3OS/c1-3-16-9-13-14(12-5-6-12)17-15(20-13)18-7-4-8-19-11(2)10-18/h11-12,16H,3-10H2,1-2H3. The molecular weight excluding hydrogens is 270 g/mol. The van der Waals surface area contributed by atoms with Gasteiger partial charge in [0.2, 0.25) is 0 Å². The second kappa shape index (κ2) is 6.41. The zero-order chi connectivity index (χ0) is 13.9. The lowest BCUT2D eigenvalue weighted by molar-refractivity contribution is 0.0821. The molecule has 5 heteroatoms. The van der Waals surface area contributed by atoms with Gasteiger partial charge >= 0.3 is 0 Å². The average molecular weight is 295 g/mol. The lowest BCUT2D eigenvalue weighted by Gasteiger charge is -2.20. The van der Waals surface area contributed by atoms with Crippen molar-refractivity contribution in [1.29, 1.82) is 0 Å². The van der Waals surface area contributed by atoms with Crippen LogP contribution >= 0.6 is 11.3 Å². The molecule has 2 fully saturated rings. The Bertz CT molecular complexity index is 444. The first-order chi connectivity index (χ1) is 9.78. The molecule has 0 radical (unpaired) electrons. The van der Waals surface area contributed by atoms with Gasteiger partial charge in [-0.3, -0.25) is 0 Å². The van der Waals surface area contributed by atoms with Crippen molar-refractivity contribution in [1.82, 2.24) is 10.3 Å². The molecule has 3 rings (SSSR count). The minimum absolute atomic E-state index is 0.308. The van der Waals surface area contributed by atoms with Gasteiger partial charge in [0.15, 0.2) is 5.13 Å². The summed E-state index contributed by atoms with van der Waals surface area (Å²) in [4.78, 5) is 8.84. The van der Waals surface area contributed by atoms with E-state index in [4.69, 9.17) is 9.72 Å². The highest BCUT2D eigenvalue weighted by atomic mass is 32.1. The monoisotopic (exact) mass is 295 g/mol. The molecule has 1 aromatic rings. The summed E-state index contributed by atoms with van der Waals surface area (Å²) in [5, 5.41) is 4.66. The summed E-state index contributed by atoms with van der Waals surface area (Å²) in [7, 11) is 0. The Morgan fingerprint density at radius 2 is 2.30 bits per heavy atom. The van der Waals surface area contributed by atoms with Crippen LogP contribution in [0.4, 0.5) is 5.13 Å². The molecular formula is C15H25N3OS. The maximum absolute atomic E-state index is 5.74. The Morgan fingerprint density at radius 3 is 3.05 bits per heavy atom. The summed E-state index contributed by atoms with van der Waals surface area (Å²) in [6.45, 7) is 9.23. The van der Waals surface area contributed by atoms with Gasteiger partial charge in [-0.05, 0) is 32.7 Å². The molecule has 0 aromatic carbocycles. The zero-order valence-electron chi connectivity index (χ0n) is 12.5. The van der Waals surface area contributed by atoms with Crippen LogP contribution in [0.15, 0.2) is 0 Å². The van der Waals surface area contributed by atoms with Crippen molar-refractivity contribution < 1.29 is 4.74 Å². The molecule has 0 amide bonds. The third-order valence-corrected chi connectivity index (χ3v) is 5.07. The molecule has 2 aliphatic rings. The third kappa shape index (κ3) is 3.32. The van der Waals surface area contributed by atoms with Crippen LogP contribution in [0.3, 0.4) is 0 Å². The molecule has 4 nitrogen and oxygen atoms in total. The topological polar surface area (TPSA) is 37.4 Å². The summed E-state index contributed by atoms with van der Waals surface area (Å²) >= 11 is 1.88. The van der Waals surface area contributed by atoms with Gasteiger partial charge in [0.25, 0.3) is 0 Å². The van der Waals surface area contributed by atoms with E-state index in [1.807, 2.05) is 11.3 Å². The van der Waals surface area contributed by atoms with E-state index in [1.54, 1.807) is 0 Å². The van der Waals surface area contributed by atoms with Gasteiger partial charge in [0.1, 0.15) is 0 Å². The number of aromatic nitrogens is 1. The molecule has 2 heterocycles. The number of anilines is 1. The number of hydrogen-bond donors (Lipinski definition) is 1. The molecule has 1 aromatic heterocycles. The van der Waals surface area contributed by atoms with Crippen LogP contribution in [0.2, 0.25) is 0 Å². The van der Waals surface area contributed by atoms with Crippen LogP contribution < -0.4 is 10.2 Å². The number of hydrogen-bond acceptors (Lipinski definition) is 5. The Balaban J connectivity index is 1.77. The highest BCUT2D eigenvalue weighted by Gasteiger charge is 2.30. The second-order valence-corrected chi connectivity index (χ2v) is 6.90. The van der Waals surface area contributed by atoms with Gasteiger partial charge in [-0.25, -0.2) is 4.98 Å². The van der Waals surface area contributed by atoms with Gasteiger partial charge in [0, 0.05) is 37.0 Å². The molecule has 0 spiro atoms. The Hall–Kier alpha value is -0.650. The van der Waals surface area contributed by atoms with E-state index >= 15 is 0 Å². The summed E-state index contributed by atoms with van der Waals surface area (Å²) in [5.74, 6) is 0.731. The lowest BCUT2D eigenvalue weighted by atomic mass is 10.2. The number of ether oxygens (including phenoxy) is 1. The summed E-state index contributed by atoms with van der Waals surface area (Å²) in [5.41, 5.74) is 1.36. The van der Waals surface area contributed by atoms with Crippen LogP contribution in [0.25, 0.3) is 0 Å². The molecule has 0 bridgehead atoms. The van der Waals surface area contributed by atoms with Gasteiger partial charge in [-0.1, -0.05) is 6.92 Å². The minimum Gasteiger partial charge on any atom is -0.377 e. The molecule has 112 valence electrons. The fourth-order valence-electron chi connectivity index (χ4n) is 2.69. The van der Waals surface area contributed by atoms with Crippen LogP contribution in [-0.2, 0) is 11.3 Å². The lowest BCUT2D eigenvalue weighted by Crippen LogP contribution is -2.29. The summed E-state index contributed by atoms with van der Waals surface area (Å²) in [6, 6.07) is 0. The molecule has 1 saturated heterocycles. The SMILES string of the molecule is CCNCc1sc(N2CCCOC(C)C2)nc1C1CC1. The molecule has 1 atom stereocenters. The normalized spacial score (nSPS) is 23.9. The van der Waals surface area contributed by atoms with Crippen LogP contribution in [-0.4, -0.2) is 37.3 Å². The van der Waals surface area contributed by atoms with Crippen LogP contribution in [0.1, 0.15) is 49.6 Å². The molecule has 1 unspecified atom stereocenters. The molecule has 20 heavy (non-hydrogen) atoms. The van der Waals surface area contributed by atoms with Gasteiger partial charge in [0.05, 0.1) is 11.8 Å². The fourth-order valence-corrected chi connectivity index (χ4v) is 3.85. The number of thiazole rings is 1. The maximum Gasteiger partial charge on any atom is 0.185 e. The second-order valence-electron chi connectivity index (χ2n) is 5.84. The van der Waals surface area contributed by atoms with E-state index in [2.05, 4.69) is 24.1 Å². The van der Waals surface area contributed by atoms with Gasteiger partial charge in [-0.2, -0.15) is 0 Å². The zero-order valence-corrected chi connectivity index (χ0v) is 13.3. The quantitative estimate of drug-likeness (QED) is 0.906. The highest BCUT2D eigenvalue weighted by Crippen LogP contribution is 2.44. The van der Waals surface area contributed by atoms with Crippen molar-refractivity contribution in [2.24, 2.45) is 0 Å². The van der Waals surface area contributed by atoms with Crippen molar-refractivity contribution in [3.8, 4) is 0 Å². The first kappa shape index (κ1) is 14.3. The van der Waals surface area contributed by atoms with Gasteiger partial charge < -0.3 is 15.0 Å². The van der Waals surface area contributed by atoms with Crippen LogP contribution in [0, 0.1) is 0 Å². The summed E-state index contributed by atoms with van der Waals surface area (Å²) in [6.07, 6.45) is 4.05. The van der Waals surface area contributed by atoms with E-state index in [-0.39, 0.29) is 0 Å². The predicted octanol–water partition coefficient (Wildman–Crippen LogP) is 2.75. The Morgan fingerprint density at radius 1 is 1.45 bits per heavy atom. The molecule has 1 aliphatic carbocycles. The number of nitrogens with zero attached hydrogens (tertiary/aromatic N) is 2. The van der Waals surface area contributed by atoms with E-state index in [1.165, 1.54) is 28.5 Å². The predicted molar refractivity (Wildman–Crippen MR) is 83.7 cm³/mol. The maximum atomic E-state index is 5.74.